The Morgan fingerprint density at radius 3 is 3.07 bits per heavy atom. The van der Waals surface area contributed by atoms with Crippen LogP contribution in [0.5, 0.6) is 0 Å². The molecule has 1 aromatic heterocycles. The molecule has 1 aromatic rings. The van der Waals surface area contributed by atoms with Gasteiger partial charge in [-0.3, -0.25) is 4.79 Å². The van der Waals surface area contributed by atoms with E-state index < -0.39 is 0 Å². The molecule has 82 valence electrons. The molecule has 0 aliphatic carbocycles. The summed E-state index contributed by atoms with van der Waals surface area (Å²) in [5.74, 6) is 0.117. The van der Waals surface area contributed by atoms with Crippen molar-refractivity contribution in [1.82, 2.24) is 0 Å². The maximum Gasteiger partial charge on any atom is 0.169 e. The second kappa shape index (κ2) is 4.33. The molecule has 0 aromatic carbocycles. The zero-order valence-corrected chi connectivity index (χ0v) is 9.59. The van der Waals surface area contributed by atoms with Gasteiger partial charge in [0.1, 0.15) is 0 Å². The smallest absolute Gasteiger partial charge is 0.169 e. The minimum absolute atomic E-state index is 0.117. The van der Waals surface area contributed by atoms with E-state index in [1.54, 1.807) is 6.92 Å². The molecule has 15 heavy (non-hydrogen) atoms. The molecule has 2 heterocycles. The zero-order chi connectivity index (χ0) is 10.8. The predicted octanol–water partition coefficient (Wildman–Crippen LogP) is 1.91. The Labute approximate surface area is 93.3 Å². The topological polar surface area (TPSA) is 40.5 Å². The normalized spacial score (nSPS) is 20.9. The van der Waals surface area contributed by atoms with Gasteiger partial charge in [0.05, 0.1) is 22.5 Å². The number of ketones is 1. The van der Waals surface area contributed by atoms with E-state index in [0.29, 0.717) is 0 Å². The fourth-order valence-corrected chi connectivity index (χ4v) is 2.99. The molecule has 1 N–H and O–H groups in total. The van der Waals surface area contributed by atoms with E-state index in [1.165, 1.54) is 11.3 Å². The van der Waals surface area contributed by atoms with Gasteiger partial charge in [0.15, 0.2) is 5.78 Å². The van der Waals surface area contributed by atoms with Gasteiger partial charge in [0, 0.05) is 6.54 Å². The van der Waals surface area contributed by atoms with Crippen molar-refractivity contribution >= 4 is 22.1 Å². The van der Waals surface area contributed by atoms with Crippen LogP contribution in [-0.2, 0) is 0 Å². The lowest BCUT2D eigenvalue weighted by molar-refractivity contribution is 0.102. The van der Waals surface area contributed by atoms with Gasteiger partial charge in [-0.25, -0.2) is 0 Å². The quantitative estimate of drug-likeness (QED) is 0.799. The molecule has 1 aliphatic heterocycles. The Bertz CT molecular complexity index is 361. The Kier molecular flexibility index (Phi) is 3.07. The molecule has 0 amide bonds. The molecule has 1 saturated heterocycles. The first-order chi connectivity index (χ1) is 7.22. The minimum Gasteiger partial charge on any atom is -0.394 e. The average Bonchev–Trinajstić information content (AvgIpc) is 2.85. The maximum absolute atomic E-state index is 11.2. The molecular weight excluding hydrogens is 210 g/mol. The van der Waals surface area contributed by atoms with Crippen LogP contribution in [0.4, 0.5) is 5.00 Å². The second-order valence-electron chi connectivity index (χ2n) is 3.87. The number of carbonyl (C=O) groups is 1. The van der Waals surface area contributed by atoms with Crippen LogP contribution in [-0.4, -0.2) is 30.1 Å². The second-order valence-corrected chi connectivity index (χ2v) is 4.93. The van der Waals surface area contributed by atoms with Gasteiger partial charge in [-0.2, -0.15) is 0 Å². The fraction of sp³-hybridized carbons (Fsp3) is 0.545. The lowest BCUT2D eigenvalue weighted by Gasteiger charge is -2.23. The van der Waals surface area contributed by atoms with Crippen molar-refractivity contribution in [3.05, 3.63) is 17.0 Å². The first-order valence-electron chi connectivity index (χ1n) is 5.20. The molecule has 1 fully saturated rings. The van der Waals surface area contributed by atoms with Gasteiger partial charge < -0.3 is 10.0 Å². The molecule has 4 heteroatoms. The molecule has 0 unspecified atom stereocenters. The molecule has 3 nitrogen and oxygen atoms in total. The number of carbonyl (C=O) groups excluding carboxylic acids is 1. The number of hydrogen-bond acceptors (Lipinski definition) is 4. The average molecular weight is 225 g/mol. The highest BCUT2D eigenvalue weighted by Gasteiger charge is 2.25. The molecule has 2 rings (SSSR count). The van der Waals surface area contributed by atoms with Gasteiger partial charge >= 0.3 is 0 Å². The van der Waals surface area contributed by atoms with Crippen LogP contribution in [0.15, 0.2) is 12.1 Å². The highest BCUT2D eigenvalue weighted by atomic mass is 32.1. The Morgan fingerprint density at radius 1 is 1.67 bits per heavy atom. The van der Waals surface area contributed by atoms with Crippen LogP contribution in [0, 0.1) is 0 Å². The van der Waals surface area contributed by atoms with Gasteiger partial charge in [-0.1, -0.05) is 0 Å². The lowest BCUT2D eigenvalue weighted by Crippen LogP contribution is -2.31. The minimum atomic E-state index is 0.117. The van der Waals surface area contributed by atoms with Crippen molar-refractivity contribution in [2.75, 3.05) is 18.1 Å². The summed E-state index contributed by atoms with van der Waals surface area (Å²) in [4.78, 5) is 14.2. The van der Waals surface area contributed by atoms with E-state index in [9.17, 15) is 9.90 Å². The molecular formula is C11H15NO2S. The number of hydrogen-bond donors (Lipinski definition) is 1. The van der Waals surface area contributed by atoms with Gasteiger partial charge in [-0.05, 0) is 31.9 Å². The number of anilines is 1. The number of rotatable bonds is 3. The molecule has 0 spiro atoms. The number of aliphatic hydroxyl groups excluding tert-OH is 1. The zero-order valence-electron chi connectivity index (χ0n) is 8.77. The number of nitrogens with zero attached hydrogens (tertiary/aromatic N) is 1. The SMILES string of the molecule is CC(=O)c1ccc(N2CCC[C@H]2CO)s1. The Morgan fingerprint density at radius 2 is 2.47 bits per heavy atom. The summed E-state index contributed by atoms with van der Waals surface area (Å²) in [5.41, 5.74) is 0. The summed E-state index contributed by atoms with van der Waals surface area (Å²) < 4.78 is 0. The third-order valence-corrected chi connectivity index (χ3v) is 4.03. The summed E-state index contributed by atoms with van der Waals surface area (Å²) >= 11 is 1.52. The van der Waals surface area contributed by atoms with Crippen LogP contribution in [0.25, 0.3) is 0 Å². The van der Waals surface area contributed by atoms with E-state index in [-0.39, 0.29) is 18.4 Å². The van der Waals surface area contributed by atoms with Crippen molar-refractivity contribution in [3.8, 4) is 0 Å². The number of Topliss-reactive ketones (excluding diaryl/α,β-unsaturated/α-hetero) is 1. The Balaban J connectivity index is 2.18. The summed E-state index contributed by atoms with van der Waals surface area (Å²) in [6.45, 7) is 2.78. The van der Waals surface area contributed by atoms with Gasteiger partial charge in [0.2, 0.25) is 0 Å². The highest BCUT2D eigenvalue weighted by molar-refractivity contribution is 7.18. The molecule has 0 radical (unpaired) electrons. The number of thiophene rings is 1. The highest BCUT2D eigenvalue weighted by Crippen LogP contribution is 2.31. The van der Waals surface area contributed by atoms with Crippen molar-refractivity contribution in [2.24, 2.45) is 0 Å². The van der Waals surface area contributed by atoms with Gasteiger partial charge in [0.25, 0.3) is 0 Å². The molecule has 1 aliphatic rings. The first-order valence-corrected chi connectivity index (χ1v) is 6.02. The van der Waals surface area contributed by atoms with E-state index >= 15 is 0 Å². The van der Waals surface area contributed by atoms with E-state index in [0.717, 1.165) is 29.3 Å². The number of aliphatic hydroxyl groups is 1. The van der Waals surface area contributed by atoms with Crippen LogP contribution >= 0.6 is 11.3 Å². The molecule has 1 atom stereocenters. The van der Waals surface area contributed by atoms with Crippen molar-refractivity contribution in [3.63, 3.8) is 0 Å². The van der Waals surface area contributed by atoms with Crippen LogP contribution in [0.1, 0.15) is 29.4 Å². The fourth-order valence-electron chi connectivity index (χ4n) is 1.99. The van der Waals surface area contributed by atoms with Crippen molar-refractivity contribution in [2.45, 2.75) is 25.8 Å². The standard InChI is InChI=1S/C11H15NO2S/c1-8(14)10-4-5-11(15-10)12-6-2-3-9(12)7-13/h4-5,9,13H,2-3,6-7H2,1H3/t9-/m0/s1. The van der Waals surface area contributed by atoms with Crippen molar-refractivity contribution in [1.29, 1.82) is 0 Å². The Hall–Kier alpha value is -0.870. The van der Waals surface area contributed by atoms with Crippen LogP contribution in [0.3, 0.4) is 0 Å². The monoisotopic (exact) mass is 225 g/mol. The van der Waals surface area contributed by atoms with Crippen LogP contribution in [0.2, 0.25) is 0 Å². The third-order valence-electron chi connectivity index (χ3n) is 2.81. The summed E-state index contributed by atoms with van der Waals surface area (Å²) in [6, 6.07) is 4.09. The molecule has 0 bridgehead atoms. The van der Waals surface area contributed by atoms with Gasteiger partial charge in [-0.15, -0.1) is 11.3 Å². The largest absolute Gasteiger partial charge is 0.394 e. The van der Waals surface area contributed by atoms with E-state index in [4.69, 9.17) is 0 Å². The lowest BCUT2D eigenvalue weighted by atomic mass is 10.2. The predicted molar refractivity (Wildman–Crippen MR) is 61.8 cm³/mol. The summed E-state index contributed by atoms with van der Waals surface area (Å²) in [7, 11) is 0. The molecule has 0 saturated carbocycles. The third kappa shape index (κ3) is 2.06. The van der Waals surface area contributed by atoms with Crippen LogP contribution < -0.4 is 4.90 Å². The van der Waals surface area contributed by atoms with Crippen molar-refractivity contribution < 1.29 is 9.90 Å². The van der Waals surface area contributed by atoms with E-state index in [2.05, 4.69) is 4.90 Å². The first kappa shape index (κ1) is 10.6. The maximum atomic E-state index is 11.2. The van der Waals surface area contributed by atoms with E-state index in [1.807, 2.05) is 12.1 Å². The summed E-state index contributed by atoms with van der Waals surface area (Å²) in [6.07, 6.45) is 2.17. The summed E-state index contributed by atoms with van der Waals surface area (Å²) in [5, 5.41) is 10.3.